The average molecular weight is 338 g/mol. The third kappa shape index (κ3) is 4.89. The largest absolute Gasteiger partial charge is 0.311 e. The summed E-state index contributed by atoms with van der Waals surface area (Å²) in [5.41, 5.74) is 1.49. The monoisotopic (exact) mass is 337 g/mol. The van der Waals surface area contributed by atoms with Crippen LogP contribution in [0.4, 0.5) is 0 Å². The summed E-state index contributed by atoms with van der Waals surface area (Å²) < 4.78 is 1.20. The molecule has 0 saturated heterocycles. The molecule has 0 radical (unpaired) electrons. The van der Waals surface area contributed by atoms with E-state index in [1.165, 1.54) is 55.0 Å². The predicted molar refractivity (Wildman–Crippen MR) is 91.3 cm³/mol. The zero-order valence-electron chi connectivity index (χ0n) is 12.9. The van der Waals surface area contributed by atoms with Crippen LogP contribution < -0.4 is 5.32 Å². The Kier molecular flexibility index (Phi) is 6.57. The molecular formula is C18H28BrN. The van der Waals surface area contributed by atoms with Crippen LogP contribution in [0.2, 0.25) is 0 Å². The van der Waals surface area contributed by atoms with E-state index in [4.69, 9.17) is 0 Å². The van der Waals surface area contributed by atoms with Crippen LogP contribution in [0.1, 0.15) is 70.3 Å². The summed E-state index contributed by atoms with van der Waals surface area (Å²) in [5.74, 6) is 0.761. The lowest BCUT2D eigenvalue weighted by molar-refractivity contribution is 0.263. The molecule has 2 rings (SSSR count). The summed E-state index contributed by atoms with van der Waals surface area (Å²) in [7, 11) is 0. The summed E-state index contributed by atoms with van der Waals surface area (Å²) in [6.45, 7) is 4.62. The highest BCUT2D eigenvalue weighted by atomic mass is 79.9. The van der Waals surface area contributed by atoms with Crippen LogP contribution in [-0.4, -0.2) is 12.1 Å². The summed E-state index contributed by atoms with van der Waals surface area (Å²) in [6, 6.07) is 10.2. The highest BCUT2D eigenvalue weighted by Gasteiger charge is 2.30. The first-order valence-electron chi connectivity index (χ1n) is 8.20. The van der Waals surface area contributed by atoms with E-state index in [0.717, 1.165) is 12.0 Å². The molecule has 1 aliphatic rings. The fourth-order valence-corrected chi connectivity index (χ4v) is 3.57. The van der Waals surface area contributed by atoms with Gasteiger partial charge in [-0.25, -0.2) is 0 Å². The normalized spacial score (nSPS) is 23.4. The molecule has 1 atom stereocenters. The Morgan fingerprint density at radius 1 is 1.25 bits per heavy atom. The van der Waals surface area contributed by atoms with Crippen LogP contribution in [0.3, 0.4) is 0 Å². The number of nitrogens with one attached hydrogen (secondary N) is 1. The number of unbranched alkanes of at least 4 members (excludes halogenated alkanes) is 3. The molecule has 1 aliphatic carbocycles. The Morgan fingerprint density at radius 3 is 2.75 bits per heavy atom. The van der Waals surface area contributed by atoms with Crippen molar-refractivity contribution in [1.29, 1.82) is 0 Å². The second-order valence-corrected chi connectivity index (χ2v) is 7.25. The van der Waals surface area contributed by atoms with Crippen molar-refractivity contribution in [3.05, 3.63) is 34.3 Å². The van der Waals surface area contributed by atoms with Gasteiger partial charge in [-0.15, -0.1) is 0 Å². The van der Waals surface area contributed by atoms with Crippen molar-refractivity contribution < 1.29 is 0 Å². The molecule has 1 fully saturated rings. The van der Waals surface area contributed by atoms with E-state index in [0.29, 0.717) is 6.04 Å². The fraction of sp³-hybridized carbons (Fsp3) is 0.667. The molecule has 1 aromatic carbocycles. The molecule has 1 nitrogen and oxygen atoms in total. The quantitative estimate of drug-likeness (QED) is 0.605. The summed E-state index contributed by atoms with van der Waals surface area (Å²) in [5, 5.41) is 3.80. The minimum absolute atomic E-state index is 0.681. The Labute approximate surface area is 132 Å². The molecule has 2 heteroatoms. The number of rotatable bonds is 8. The second kappa shape index (κ2) is 8.19. The summed E-state index contributed by atoms with van der Waals surface area (Å²) in [4.78, 5) is 0. The maximum Gasteiger partial charge on any atom is 0.0178 e. The Balaban J connectivity index is 1.64. The van der Waals surface area contributed by atoms with Gasteiger partial charge in [-0.3, -0.25) is 0 Å². The van der Waals surface area contributed by atoms with Gasteiger partial charge in [-0.1, -0.05) is 60.7 Å². The lowest BCUT2D eigenvalue weighted by atomic mass is 9.75. The van der Waals surface area contributed by atoms with E-state index in [1.807, 2.05) is 0 Å². The van der Waals surface area contributed by atoms with Gasteiger partial charge in [0.05, 0.1) is 0 Å². The molecule has 0 bridgehead atoms. The van der Waals surface area contributed by atoms with Gasteiger partial charge in [0.1, 0.15) is 0 Å². The maximum absolute atomic E-state index is 3.80. The molecule has 0 aromatic heterocycles. The van der Waals surface area contributed by atoms with Crippen molar-refractivity contribution in [3.63, 3.8) is 0 Å². The van der Waals surface area contributed by atoms with E-state index in [1.54, 1.807) is 0 Å². The van der Waals surface area contributed by atoms with E-state index in [9.17, 15) is 0 Å². The van der Waals surface area contributed by atoms with E-state index < -0.39 is 0 Å². The minimum Gasteiger partial charge on any atom is -0.311 e. The van der Waals surface area contributed by atoms with E-state index in [-0.39, 0.29) is 0 Å². The lowest BCUT2D eigenvalue weighted by Crippen LogP contribution is -2.44. The Bertz CT molecular complexity index is 398. The number of benzene rings is 1. The van der Waals surface area contributed by atoms with Crippen LogP contribution in [0.25, 0.3) is 0 Å². The molecule has 1 aromatic rings. The van der Waals surface area contributed by atoms with Gasteiger partial charge in [0.2, 0.25) is 0 Å². The molecule has 1 unspecified atom stereocenters. The maximum atomic E-state index is 3.80. The zero-order chi connectivity index (χ0) is 14.4. The van der Waals surface area contributed by atoms with Crippen molar-refractivity contribution in [2.75, 3.05) is 0 Å². The molecule has 112 valence electrons. The van der Waals surface area contributed by atoms with Crippen LogP contribution in [-0.2, 0) is 0 Å². The van der Waals surface area contributed by atoms with Crippen molar-refractivity contribution in [1.82, 2.24) is 5.32 Å². The Morgan fingerprint density at radius 2 is 2.05 bits per heavy atom. The molecule has 1 N–H and O–H groups in total. The highest BCUT2D eigenvalue weighted by molar-refractivity contribution is 9.10. The summed E-state index contributed by atoms with van der Waals surface area (Å²) in [6.07, 6.45) is 9.43. The number of hydrogen-bond donors (Lipinski definition) is 1. The van der Waals surface area contributed by atoms with Gasteiger partial charge in [0.15, 0.2) is 0 Å². The Hall–Kier alpha value is -0.340. The van der Waals surface area contributed by atoms with E-state index >= 15 is 0 Å². The van der Waals surface area contributed by atoms with E-state index in [2.05, 4.69) is 59.4 Å². The smallest absolute Gasteiger partial charge is 0.0178 e. The van der Waals surface area contributed by atoms with Crippen LogP contribution in [0, 0.1) is 0 Å². The number of halogens is 1. The second-order valence-electron chi connectivity index (χ2n) is 6.34. The SMILES string of the molecule is CCCCCCC(C)NC1CC(c2cccc(Br)c2)C1. The molecule has 0 heterocycles. The number of hydrogen-bond acceptors (Lipinski definition) is 1. The molecule has 0 spiro atoms. The molecule has 0 aliphatic heterocycles. The minimum atomic E-state index is 0.681. The van der Waals surface area contributed by atoms with Crippen LogP contribution in [0.15, 0.2) is 28.7 Å². The summed E-state index contributed by atoms with van der Waals surface area (Å²) >= 11 is 3.56. The van der Waals surface area contributed by atoms with Crippen molar-refractivity contribution in [2.45, 2.75) is 76.8 Å². The molecule has 0 amide bonds. The average Bonchev–Trinajstić information content (AvgIpc) is 2.38. The molecular weight excluding hydrogens is 310 g/mol. The van der Waals surface area contributed by atoms with Gasteiger partial charge in [0.25, 0.3) is 0 Å². The van der Waals surface area contributed by atoms with Gasteiger partial charge < -0.3 is 5.32 Å². The zero-order valence-corrected chi connectivity index (χ0v) is 14.5. The molecule has 20 heavy (non-hydrogen) atoms. The van der Waals surface area contributed by atoms with Gasteiger partial charge in [-0.05, 0) is 49.8 Å². The van der Waals surface area contributed by atoms with Crippen molar-refractivity contribution in [2.24, 2.45) is 0 Å². The third-order valence-electron chi connectivity index (χ3n) is 4.47. The third-order valence-corrected chi connectivity index (χ3v) is 4.96. The lowest BCUT2D eigenvalue weighted by Gasteiger charge is -2.38. The van der Waals surface area contributed by atoms with Gasteiger partial charge >= 0.3 is 0 Å². The highest BCUT2D eigenvalue weighted by Crippen LogP contribution is 2.37. The topological polar surface area (TPSA) is 12.0 Å². The van der Waals surface area contributed by atoms with Crippen molar-refractivity contribution in [3.8, 4) is 0 Å². The van der Waals surface area contributed by atoms with Gasteiger partial charge in [0, 0.05) is 16.6 Å². The fourth-order valence-electron chi connectivity index (χ4n) is 3.15. The van der Waals surface area contributed by atoms with Gasteiger partial charge in [-0.2, -0.15) is 0 Å². The van der Waals surface area contributed by atoms with Crippen LogP contribution >= 0.6 is 15.9 Å². The predicted octanol–water partition coefficient (Wildman–Crippen LogP) is 5.64. The molecule has 1 saturated carbocycles. The standard InChI is InChI=1S/C18H28BrN/c1-3-4-5-6-8-14(2)20-18-12-16(13-18)15-9-7-10-17(19)11-15/h7,9-11,14,16,18,20H,3-6,8,12-13H2,1-2H3. The first-order chi connectivity index (χ1) is 9.69. The van der Waals surface area contributed by atoms with Crippen molar-refractivity contribution >= 4 is 15.9 Å². The first kappa shape index (κ1) is 16.0. The van der Waals surface area contributed by atoms with Crippen LogP contribution in [0.5, 0.6) is 0 Å². The first-order valence-corrected chi connectivity index (χ1v) is 9.00.